The Morgan fingerprint density at radius 2 is 2.26 bits per heavy atom. The van der Waals surface area contributed by atoms with Crippen LogP contribution in [0.1, 0.15) is 19.5 Å². The molecule has 19 heavy (non-hydrogen) atoms. The predicted octanol–water partition coefficient (Wildman–Crippen LogP) is 1.52. The SMILES string of the molecule is COc1cccc(CN2CC3CNCC3C2(C)C)n1. The van der Waals surface area contributed by atoms with E-state index in [0.717, 1.165) is 37.2 Å². The number of fused-ring (bicyclic) bond motifs is 1. The van der Waals surface area contributed by atoms with Crippen molar-refractivity contribution in [2.24, 2.45) is 11.8 Å². The third-order valence-electron chi connectivity index (χ3n) is 4.86. The lowest BCUT2D eigenvalue weighted by Gasteiger charge is -2.35. The third kappa shape index (κ3) is 2.23. The van der Waals surface area contributed by atoms with Gasteiger partial charge in [-0.15, -0.1) is 0 Å². The van der Waals surface area contributed by atoms with E-state index in [1.807, 2.05) is 12.1 Å². The molecule has 0 radical (unpaired) electrons. The maximum absolute atomic E-state index is 5.21. The number of hydrogen-bond acceptors (Lipinski definition) is 4. The lowest BCUT2D eigenvalue weighted by molar-refractivity contribution is 0.130. The van der Waals surface area contributed by atoms with Crippen LogP contribution in [0.2, 0.25) is 0 Å². The van der Waals surface area contributed by atoms with E-state index in [0.29, 0.717) is 5.88 Å². The first kappa shape index (κ1) is 12.9. The second-order valence-electron chi connectivity index (χ2n) is 6.23. The largest absolute Gasteiger partial charge is 0.481 e. The van der Waals surface area contributed by atoms with Gasteiger partial charge in [-0.2, -0.15) is 0 Å². The van der Waals surface area contributed by atoms with Crippen LogP contribution in [0.3, 0.4) is 0 Å². The van der Waals surface area contributed by atoms with Crippen molar-refractivity contribution in [2.45, 2.75) is 25.9 Å². The molecule has 2 unspecified atom stereocenters. The van der Waals surface area contributed by atoms with Gasteiger partial charge in [0.05, 0.1) is 12.8 Å². The molecule has 2 aliphatic rings. The van der Waals surface area contributed by atoms with E-state index in [-0.39, 0.29) is 5.54 Å². The van der Waals surface area contributed by atoms with Gasteiger partial charge in [0.25, 0.3) is 0 Å². The molecule has 0 spiro atoms. The summed E-state index contributed by atoms with van der Waals surface area (Å²) in [5.41, 5.74) is 1.35. The highest BCUT2D eigenvalue weighted by Crippen LogP contribution is 2.41. The van der Waals surface area contributed by atoms with Gasteiger partial charge in [-0.3, -0.25) is 4.90 Å². The first-order chi connectivity index (χ1) is 9.11. The molecule has 4 heteroatoms. The van der Waals surface area contributed by atoms with Crippen molar-refractivity contribution < 1.29 is 4.74 Å². The zero-order valence-electron chi connectivity index (χ0n) is 12.0. The van der Waals surface area contributed by atoms with Crippen LogP contribution >= 0.6 is 0 Å². The number of pyridine rings is 1. The van der Waals surface area contributed by atoms with Gasteiger partial charge in [0, 0.05) is 31.2 Å². The summed E-state index contributed by atoms with van der Waals surface area (Å²) in [7, 11) is 1.67. The van der Waals surface area contributed by atoms with E-state index in [9.17, 15) is 0 Å². The minimum atomic E-state index is 0.249. The van der Waals surface area contributed by atoms with Gasteiger partial charge in [-0.1, -0.05) is 6.07 Å². The molecule has 0 amide bonds. The van der Waals surface area contributed by atoms with Crippen molar-refractivity contribution in [3.8, 4) is 5.88 Å². The Morgan fingerprint density at radius 1 is 1.42 bits per heavy atom. The molecule has 2 atom stereocenters. The monoisotopic (exact) mass is 261 g/mol. The maximum atomic E-state index is 5.21. The Morgan fingerprint density at radius 3 is 3.00 bits per heavy atom. The average molecular weight is 261 g/mol. The maximum Gasteiger partial charge on any atom is 0.213 e. The van der Waals surface area contributed by atoms with Gasteiger partial charge in [-0.25, -0.2) is 4.98 Å². The van der Waals surface area contributed by atoms with Gasteiger partial charge in [0.15, 0.2) is 0 Å². The van der Waals surface area contributed by atoms with Gasteiger partial charge in [0.2, 0.25) is 5.88 Å². The quantitative estimate of drug-likeness (QED) is 0.895. The van der Waals surface area contributed by atoms with Crippen LogP contribution in [0.5, 0.6) is 5.88 Å². The number of nitrogens with one attached hydrogen (secondary N) is 1. The Kier molecular flexibility index (Phi) is 3.23. The molecular weight excluding hydrogens is 238 g/mol. The molecule has 1 aromatic heterocycles. The van der Waals surface area contributed by atoms with E-state index in [1.165, 1.54) is 6.54 Å². The van der Waals surface area contributed by atoms with Crippen molar-refractivity contribution in [3.63, 3.8) is 0 Å². The van der Waals surface area contributed by atoms with E-state index < -0.39 is 0 Å². The van der Waals surface area contributed by atoms with E-state index in [4.69, 9.17) is 4.74 Å². The van der Waals surface area contributed by atoms with Gasteiger partial charge in [-0.05, 0) is 38.3 Å². The number of nitrogens with zero attached hydrogens (tertiary/aromatic N) is 2. The number of methoxy groups -OCH3 is 1. The standard InChI is InChI=1S/C15H23N3O/c1-15(2)13-8-16-7-11(13)9-18(15)10-12-5-4-6-14(17-12)19-3/h4-6,11,13,16H,7-10H2,1-3H3. The summed E-state index contributed by atoms with van der Waals surface area (Å²) in [5.74, 6) is 2.26. The van der Waals surface area contributed by atoms with Crippen molar-refractivity contribution in [2.75, 3.05) is 26.7 Å². The Bertz CT molecular complexity index is 460. The van der Waals surface area contributed by atoms with E-state index in [2.05, 4.69) is 35.1 Å². The Balaban J connectivity index is 1.76. The fourth-order valence-electron chi connectivity index (χ4n) is 3.63. The summed E-state index contributed by atoms with van der Waals surface area (Å²) < 4.78 is 5.21. The molecule has 3 heterocycles. The minimum absolute atomic E-state index is 0.249. The minimum Gasteiger partial charge on any atom is -0.481 e. The molecule has 1 N–H and O–H groups in total. The second kappa shape index (κ2) is 4.76. The number of rotatable bonds is 3. The molecular formula is C15H23N3O. The Hall–Kier alpha value is -1.13. The topological polar surface area (TPSA) is 37.4 Å². The molecule has 0 aliphatic carbocycles. The molecule has 0 bridgehead atoms. The summed E-state index contributed by atoms with van der Waals surface area (Å²) in [4.78, 5) is 7.11. The van der Waals surface area contributed by atoms with Crippen molar-refractivity contribution in [1.29, 1.82) is 0 Å². The fourth-order valence-corrected chi connectivity index (χ4v) is 3.63. The van der Waals surface area contributed by atoms with Crippen LogP contribution in [0.15, 0.2) is 18.2 Å². The van der Waals surface area contributed by atoms with Crippen LogP contribution in [-0.2, 0) is 6.54 Å². The van der Waals surface area contributed by atoms with Gasteiger partial charge < -0.3 is 10.1 Å². The highest BCUT2D eigenvalue weighted by atomic mass is 16.5. The van der Waals surface area contributed by atoms with Crippen molar-refractivity contribution in [1.82, 2.24) is 15.2 Å². The summed E-state index contributed by atoms with van der Waals surface area (Å²) in [6.45, 7) is 9.13. The van der Waals surface area contributed by atoms with Crippen molar-refractivity contribution >= 4 is 0 Å². The second-order valence-corrected chi connectivity index (χ2v) is 6.23. The molecule has 3 rings (SSSR count). The number of ether oxygens (including phenoxy) is 1. The molecule has 2 saturated heterocycles. The molecule has 0 saturated carbocycles. The zero-order valence-corrected chi connectivity index (χ0v) is 12.0. The highest BCUT2D eigenvalue weighted by molar-refractivity contribution is 5.16. The molecule has 1 aromatic rings. The first-order valence-corrected chi connectivity index (χ1v) is 7.07. The summed E-state index contributed by atoms with van der Waals surface area (Å²) in [6, 6.07) is 6.01. The van der Waals surface area contributed by atoms with Crippen LogP contribution in [0.4, 0.5) is 0 Å². The van der Waals surface area contributed by atoms with Crippen molar-refractivity contribution in [3.05, 3.63) is 23.9 Å². The molecule has 104 valence electrons. The molecule has 2 aliphatic heterocycles. The van der Waals surface area contributed by atoms with E-state index >= 15 is 0 Å². The molecule has 4 nitrogen and oxygen atoms in total. The van der Waals surface area contributed by atoms with Crippen LogP contribution < -0.4 is 10.1 Å². The first-order valence-electron chi connectivity index (χ1n) is 7.07. The zero-order chi connectivity index (χ0) is 13.5. The number of hydrogen-bond donors (Lipinski definition) is 1. The summed E-state index contributed by atoms with van der Waals surface area (Å²) >= 11 is 0. The predicted molar refractivity (Wildman–Crippen MR) is 75.1 cm³/mol. The normalized spacial score (nSPS) is 29.4. The summed E-state index contributed by atoms with van der Waals surface area (Å²) in [6.07, 6.45) is 0. The lowest BCUT2D eigenvalue weighted by Crippen LogP contribution is -2.44. The Labute approximate surface area is 115 Å². The number of likely N-dealkylation sites (tertiary alicyclic amines) is 1. The fraction of sp³-hybridized carbons (Fsp3) is 0.667. The number of aromatic nitrogens is 1. The molecule has 2 fully saturated rings. The summed E-state index contributed by atoms with van der Waals surface area (Å²) in [5, 5.41) is 3.52. The van der Waals surface area contributed by atoms with Crippen LogP contribution in [0, 0.1) is 11.8 Å². The van der Waals surface area contributed by atoms with Gasteiger partial charge >= 0.3 is 0 Å². The smallest absolute Gasteiger partial charge is 0.213 e. The third-order valence-corrected chi connectivity index (χ3v) is 4.86. The lowest BCUT2D eigenvalue weighted by atomic mass is 9.85. The highest BCUT2D eigenvalue weighted by Gasteiger charge is 2.49. The van der Waals surface area contributed by atoms with E-state index in [1.54, 1.807) is 7.11 Å². The molecule has 0 aromatic carbocycles. The van der Waals surface area contributed by atoms with Crippen LogP contribution in [0.25, 0.3) is 0 Å². The average Bonchev–Trinajstić information content (AvgIpc) is 2.94. The van der Waals surface area contributed by atoms with Gasteiger partial charge in [0.1, 0.15) is 0 Å². The van der Waals surface area contributed by atoms with Crippen LogP contribution in [-0.4, -0.2) is 42.2 Å².